The average Bonchev–Trinajstić information content (AvgIpc) is 2.13. The van der Waals surface area contributed by atoms with Gasteiger partial charge in [0.05, 0.1) is 4.90 Å². The van der Waals surface area contributed by atoms with Gasteiger partial charge in [0, 0.05) is 6.42 Å². The minimum absolute atomic E-state index is 0.110. The van der Waals surface area contributed by atoms with Gasteiger partial charge in [0.1, 0.15) is 0 Å². The highest BCUT2D eigenvalue weighted by Gasteiger charge is 2.30. The molecule has 1 aliphatic heterocycles. The Balaban J connectivity index is 2.73. The molecule has 0 bridgehead atoms. The van der Waals surface area contributed by atoms with Crippen LogP contribution in [-0.2, 0) is 21.1 Å². The fourth-order valence-corrected chi connectivity index (χ4v) is 2.86. The molecule has 0 fully saturated rings. The highest BCUT2D eigenvalue weighted by molar-refractivity contribution is 8.06. The first-order chi connectivity index (χ1) is 6.12. The van der Waals surface area contributed by atoms with Crippen molar-refractivity contribution in [3.63, 3.8) is 0 Å². The molecular weight excluding hydrogens is 188 g/mol. The second kappa shape index (κ2) is 2.67. The molecule has 0 spiro atoms. The summed E-state index contributed by atoms with van der Waals surface area (Å²) >= 11 is 0. The molecule has 4 heteroatoms. The number of fused-ring (bicyclic) bond motifs is 1. The van der Waals surface area contributed by atoms with Crippen LogP contribution in [0.2, 0.25) is 0 Å². The molecular formula is C9H8O3S. The van der Waals surface area contributed by atoms with E-state index in [0.29, 0.717) is 6.42 Å². The number of hydrogen-bond donors (Lipinski definition) is 0. The van der Waals surface area contributed by atoms with Gasteiger partial charge in [0.25, 0.3) is 5.12 Å². The van der Waals surface area contributed by atoms with Crippen molar-refractivity contribution < 1.29 is 13.2 Å². The van der Waals surface area contributed by atoms with Gasteiger partial charge in [-0.05, 0) is 18.1 Å². The van der Waals surface area contributed by atoms with Gasteiger partial charge in [-0.2, -0.15) is 0 Å². The SMILES string of the molecule is O=C1CCc2ccccc2S1(=O)=O. The van der Waals surface area contributed by atoms with Crippen LogP contribution >= 0.6 is 0 Å². The zero-order valence-electron chi connectivity index (χ0n) is 6.86. The molecule has 0 saturated carbocycles. The Morgan fingerprint density at radius 3 is 2.54 bits per heavy atom. The first kappa shape index (κ1) is 8.44. The Bertz CT molecular complexity index is 460. The Morgan fingerprint density at radius 2 is 1.77 bits per heavy atom. The first-order valence-corrected chi connectivity index (χ1v) is 5.46. The van der Waals surface area contributed by atoms with Crippen LogP contribution in [0, 0.1) is 0 Å². The molecule has 1 aromatic rings. The van der Waals surface area contributed by atoms with Crippen LogP contribution in [0.5, 0.6) is 0 Å². The first-order valence-electron chi connectivity index (χ1n) is 3.98. The summed E-state index contributed by atoms with van der Waals surface area (Å²) in [5.41, 5.74) is 0.752. The molecule has 2 rings (SSSR count). The van der Waals surface area contributed by atoms with E-state index >= 15 is 0 Å². The number of rotatable bonds is 0. The molecule has 0 N–H and O–H groups in total. The largest absolute Gasteiger partial charge is 0.281 e. The lowest BCUT2D eigenvalue weighted by atomic mass is 10.1. The predicted octanol–water partition coefficient (Wildman–Crippen LogP) is 0.933. The third-order valence-electron chi connectivity index (χ3n) is 2.16. The zero-order chi connectivity index (χ0) is 9.47. The minimum atomic E-state index is -3.66. The topological polar surface area (TPSA) is 51.2 Å². The van der Waals surface area contributed by atoms with E-state index in [0.717, 1.165) is 5.56 Å². The summed E-state index contributed by atoms with van der Waals surface area (Å²) in [6.45, 7) is 0. The third-order valence-corrected chi connectivity index (χ3v) is 3.94. The molecule has 0 radical (unpaired) electrons. The lowest BCUT2D eigenvalue weighted by Crippen LogP contribution is -2.22. The smallest absolute Gasteiger partial charge is 0.251 e. The van der Waals surface area contributed by atoms with E-state index in [9.17, 15) is 13.2 Å². The summed E-state index contributed by atoms with van der Waals surface area (Å²) in [4.78, 5) is 11.3. The van der Waals surface area contributed by atoms with Crippen LogP contribution in [0.25, 0.3) is 0 Å². The van der Waals surface area contributed by atoms with E-state index in [2.05, 4.69) is 0 Å². The van der Waals surface area contributed by atoms with Crippen molar-refractivity contribution in [2.75, 3.05) is 0 Å². The lowest BCUT2D eigenvalue weighted by molar-refractivity contribution is -0.111. The Kier molecular flexibility index (Phi) is 1.73. The fraction of sp³-hybridized carbons (Fsp3) is 0.222. The van der Waals surface area contributed by atoms with Crippen LogP contribution in [0.3, 0.4) is 0 Å². The van der Waals surface area contributed by atoms with Crippen LogP contribution in [0.1, 0.15) is 12.0 Å². The Labute approximate surface area is 76.3 Å². The second-order valence-electron chi connectivity index (χ2n) is 2.98. The molecule has 0 unspecified atom stereocenters. The maximum absolute atomic E-state index is 11.5. The summed E-state index contributed by atoms with van der Waals surface area (Å²) in [5, 5.41) is -0.661. The molecule has 1 aromatic carbocycles. The number of hydrogen-bond acceptors (Lipinski definition) is 3. The quantitative estimate of drug-likeness (QED) is 0.620. The van der Waals surface area contributed by atoms with Gasteiger partial charge in [0.2, 0.25) is 9.84 Å². The molecule has 0 amide bonds. The van der Waals surface area contributed by atoms with Crippen molar-refractivity contribution in [2.24, 2.45) is 0 Å². The van der Waals surface area contributed by atoms with Crippen molar-refractivity contribution in [3.05, 3.63) is 29.8 Å². The van der Waals surface area contributed by atoms with Gasteiger partial charge in [-0.3, -0.25) is 4.79 Å². The number of carbonyl (C=O) groups excluding carboxylic acids is 1. The number of sulfone groups is 1. The van der Waals surface area contributed by atoms with Crippen molar-refractivity contribution in [1.82, 2.24) is 0 Å². The van der Waals surface area contributed by atoms with Crippen molar-refractivity contribution >= 4 is 15.0 Å². The van der Waals surface area contributed by atoms with Gasteiger partial charge >= 0.3 is 0 Å². The van der Waals surface area contributed by atoms with Crippen molar-refractivity contribution in [1.29, 1.82) is 0 Å². The van der Waals surface area contributed by atoms with Crippen molar-refractivity contribution in [2.45, 2.75) is 17.7 Å². The predicted molar refractivity (Wildman–Crippen MR) is 47.0 cm³/mol. The van der Waals surface area contributed by atoms with E-state index in [1.165, 1.54) is 6.07 Å². The van der Waals surface area contributed by atoms with Gasteiger partial charge in [-0.1, -0.05) is 18.2 Å². The molecule has 1 heterocycles. The van der Waals surface area contributed by atoms with Gasteiger partial charge in [-0.15, -0.1) is 0 Å². The maximum atomic E-state index is 11.5. The van der Waals surface area contributed by atoms with E-state index < -0.39 is 15.0 Å². The maximum Gasteiger partial charge on any atom is 0.251 e. The number of benzene rings is 1. The monoisotopic (exact) mass is 196 g/mol. The average molecular weight is 196 g/mol. The van der Waals surface area contributed by atoms with E-state index in [1.54, 1.807) is 18.2 Å². The summed E-state index contributed by atoms with van der Waals surface area (Å²) in [6, 6.07) is 6.65. The van der Waals surface area contributed by atoms with E-state index in [4.69, 9.17) is 0 Å². The molecule has 13 heavy (non-hydrogen) atoms. The zero-order valence-corrected chi connectivity index (χ0v) is 7.67. The number of carbonyl (C=O) groups is 1. The standard InChI is InChI=1S/C9H8O3S/c10-9-6-5-7-3-1-2-4-8(7)13(9,11)12/h1-4H,5-6H2. The number of aryl methyl sites for hydroxylation is 1. The minimum Gasteiger partial charge on any atom is -0.281 e. The summed E-state index contributed by atoms with van der Waals surface area (Å²) < 4.78 is 22.9. The summed E-state index contributed by atoms with van der Waals surface area (Å²) in [5.74, 6) is 0. The highest BCUT2D eigenvalue weighted by atomic mass is 32.2. The highest BCUT2D eigenvalue weighted by Crippen LogP contribution is 2.25. The van der Waals surface area contributed by atoms with Crippen LogP contribution in [0.15, 0.2) is 29.2 Å². The molecule has 0 atom stereocenters. The van der Waals surface area contributed by atoms with E-state index in [-0.39, 0.29) is 11.3 Å². The van der Waals surface area contributed by atoms with Crippen LogP contribution < -0.4 is 0 Å². The third kappa shape index (κ3) is 1.18. The Hall–Kier alpha value is -1.16. The van der Waals surface area contributed by atoms with Crippen LogP contribution in [0.4, 0.5) is 0 Å². The van der Waals surface area contributed by atoms with Gasteiger partial charge in [-0.25, -0.2) is 8.42 Å². The summed E-state index contributed by atoms with van der Waals surface area (Å²) in [6.07, 6.45) is 0.646. The second-order valence-corrected chi connectivity index (χ2v) is 4.89. The molecule has 0 saturated heterocycles. The summed E-state index contributed by atoms with van der Waals surface area (Å²) in [7, 11) is -3.66. The van der Waals surface area contributed by atoms with Gasteiger partial charge < -0.3 is 0 Å². The molecule has 0 aliphatic carbocycles. The van der Waals surface area contributed by atoms with Crippen LogP contribution in [-0.4, -0.2) is 13.5 Å². The normalized spacial score (nSPS) is 19.5. The molecule has 0 aromatic heterocycles. The molecule has 68 valence electrons. The van der Waals surface area contributed by atoms with Crippen molar-refractivity contribution in [3.8, 4) is 0 Å². The van der Waals surface area contributed by atoms with E-state index in [1.807, 2.05) is 0 Å². The Morgan fingerprint density at radius 1 is 1.08 bits per heavy atom. The molecule has 3 nitrogen and oxygen atoms in total. The van der Waals surface area contributed by atoms with Gasteiger partial charge in [0.15, 0.2) is 0 Å². The lowest BCUT2D eigenvalue weighted by Gasteiger charge is -2.13. The molecule has 1 aliphatic rings. The fourth-order valence-electron chi connectivity index (χ4n) is 1.47.